The number of carbonyl (C=O) groups excluding carboxylic acids is 1. The van der Waals surface area contributed by atoms with Gasteiger partial charge in [-0.05, 0) is 56.7 Å². The molecule has 36 heavy (non-hydrogen) atoms. The molecule has 3 rings (SSSR count). The lowest BCUT2D eigenvalue weighted by molar-refractivity contribution is -0.131. The van der Waals surface area contributed by atoms with Crippen molar-refractivity contribution in [3.8, 4) is 17.2 Å². The van der Waals surface area contributed by atoms with Gasteiger partial charge in [0.05, 0.1) is 6.42 Å². The Kier molecular flexibility index (Phi) is 9.41. The van der Waals surface area contributed by atoms with E-state index < -0.39 is 0 Å². The molecule has 0 aliphatic carbocycles. The van der Waals surface area contributed by atoms with Crippen LogP contribution in [0.25, 0.3) is 0 Å². The van der Waals surface area contributed by atoms with E-state index in [0.717, 1.165) is 28.7 Å². The molecule has 1 aliphatic rings. The number of likely N-dealkylation sites (tertiary alicyclic amines) is 1. The lowest BCUT2D eigenvalue weighted by atomic mass is 10.0. The van der Waals surface area contributed by atoms with E-state index in [4.69, 9.17) is 0 Å². The van der Waals surface area contributed by atoms with Crippen LogP contribution in [0.5, 0.6) is 17.2 Å². The monoisotopic (exact) mass is 556 g/mol. The predicted octanol–water partition coefficient (Wildman–Crippen LogP) is 4.23. The van der Waals surface area contributed by atoms with E-state index in [-0.39, 0.29) is 35.6 Å². The lowest BCUT2D eigenvalue weighted by Gasteiger charge is -2.35. The SMILES string of the molecule is C=N/C(=C(/C)Br)N(C)/C(=C\Cc1ccccc1O)NC1CCN(C(=O)Cc2ccc(O)cc2O)CC1. The van der Waals surface area contributed by atoms with Crippen molar-refractivity contribution in [1.82, 2.24) is 15.1 Å². The quantitative estimate of drug-likeness (QED) is 0.344. The first kappa shape index (κ1) is 27.1. The van der Waals surface area contributed by atoms with Gasteiger partial charge in [0, 0.05) is 42.3 Å². The highest BCUT2D eigenvalue weighted by molar-refractivity contribution is 9.11. The third-order valence-electron chi connectivity index (χ3n) is 6.25. The molecule has 0 radical (unpaired) electrons. The van der Waals surface area contributed by atoms with Crippen LogP contribution >= 0.6 is 15.9 Å². The smallest absolute Gasteiger partial charge is 0.227 e. The van der Waals surface area contributed by atoms with Crippen molar-refractivity contribution in [3.05, 3.63) is 75.8 Å². The van der Waals surface area contributed by atoms with Crippen molar-refractivity contribution in [3.63, 3.8) is 0 Å². The van der Waals surface area contributed by atoms with Crippen LogP contribution in [-0.4, -0.2) is 63.9 Å². The van der Waals surface area contributed by atoms with Gasteiger partial charge in [0.25, 0.3) is 0 Å². The fraction of sp³-hybridized carbons (Fsp3) is 0.333. The number of piperidine rings is 1. The molecule has 1 fully saturated rings. The first-order chi connectivity index (χ1) is 17.2. The molecule has 0 bridgehead atoms. The molecule has 1 heterocycles. The number of phenols is 3. The minimum Gasteiger partial charge on any atom is -0.508 e. The average Bonchev–Trinajstić information content (AvgIpc) is 2.84. The van der Waals surface area contributed by atoms with E-state index in [1.165, 1.54) is 12.1 Å². The van der Waals surface area contributed by atoms with Gasteiger partial charge < -0.3 is 30.4 Å². The molecule has 9 heteroatoms. The number of aliphatic imine (C=N–C) groups is 1. The molecule has 4 N–H and O–H groups in total. The zero-order valence-corrected chi connectivity index (χ0v) is 22.2. The summed E-state index contributed by atoms with van der Waals surface area (Å²) in [6.45, 7) is 6.77. The number of phenolic OH excluding ortho intramolecular Hbond substituents is 3. The van der Waals surface area contributed by atoms with Gasteiger partial charge in [-0.15, -0.1) is 0 Å². The number of hydrogen-bond donors (Lipinski definition) is 4. The third-order valence-corrected chi connectivity index (χ3v) is 6.61. The van der Waals surface area contributed by atoms with Gasteiger partial charge >= 0.3 is 0 Å². The Labute approximate surface area is 220 Å². The van der Waals surface area contributed by atoms with Crippen LogP contribution in [0.4, 0.5) is 0 Å². The van der Waals surface area contributed by atoms with Crippen LogP contribution < -0.4 is 5.32 Å². The van der Waals surface area contributed by atoms with Crippen LogP contribution in [0.2, 0.25) is 0 Å². The second-order valence-corrected chi connectivity index (χ2v) is 9.98. The maximum absolute atomic E-state index is 12.8. The predicted molar refractivity (Wildman–Crippen MR) is 145 cm³/mol. The Morgan fingerprint density at radius 1 is 1.17 bits per heavy atom. The van der Waals surface area contributed by atoms with Gasteiger partial charge in [-0.25, -0.2) is 4.99 Å². The Bertz CT molecular complexity index is 1150. The molecule has 2 aromatic rings. The largest absolute Gasteiger partial charge is 0.508 e. The summed E-state index contributed by atoms with van der Waals surface area (Å²) in [4.78, 5) is 20.7. The minimum atomic E-state index is -0.0797. The number of benzene rings is 2. The summed E-state index contributed by atoms with van der Waals surface area (Å²) < 4.78 is 0.841. The number of aromatic hydroxyl groups is 3. The molecule has 1 saturated heterocycles. The highest BCUT2D eigenvalue weighted by atomic mass is 79.9. The molecule has 0 spiro atoms. The summed E-state index contributed by atoms with van der Waals surface area (Å²) in [6, 6.07) is 11.7. The number of carbonyl (C=O) groups is 1. The standard InChI is InChI=1S/C27H33BrN4O4/c1-18(28)27(29-2)31(3)25(11-9-19-6-4-5-7-23(19)34)30-21-12-14-32(15-13-21)26(36)16-20-8-10-22(33)17-24(20)35/h4-8,10-11,17,21,30,33-35H,2,9,12-16H2,1,3H3/b25-11-,27-18+. The van der Waals surface area contributed by atoms with Gasteiger partial charge in [-0.2, -0.15) is 0 Å². The molecule has 0 saturated carbocycles. The second-order valence-electron chi connectivity index (χ2n) is 8.79. The van der Waals surface area contributed by atoms with E-state index in [1.54, 1.807) is 23.1 Å². The topological polar surface area (TPSA) is 109 Å². The van der Waals surface area contributed by atoms with Crippen molar-refractivity contribution in [2.45, 2.75) is 38.6 Å². The molecule has 0 aromatic heterocycles. The first-order valence-electron chi connectivity index (χ1n) is 11.8. The van der Waals surface area contributed by atoms with Gasteiger partial charge in [-0.3, -0.25) is 4.79 Å². The minimum absolute atomic E-state index is 0.0355. The summed E-state index contributed by atoms with van der Waals surface area (Å²) in [5, 5.41) is 33.2. The van der Waals surface area contributed by atoms with E-state index in [1.807, 2.05) is 37.1 Å². The molecule has 0 atom stereocenters. The number of para-hydroxylation sites is 1. The summed E-state index contributed by atoms with van der Waals surface area (Å²) in [6.07, 6.45) is 4.13. The van der Waals surface area contributed by atoms with E-state index in [2.05, 4.69) is 33.0 Å². The maximum Gasteiger partial charge on any atom is 0.227 e. The average molecular weight is 557 g/mol. The van der Waals surface area contributed by atoms with Crippen molar-refractivity contribution in [2.75, 3.05) is 20.1 Å². The number of rotatable bonds is 9. The number of allylic oxidation sites excluding steroid dienone is 2. The van der Waals surface area contributed by atoms with Crippen LogP contribution in [0.3, 0.4) is 0 Å². The van der Waals surface area contributed by atoms with Crippen LogP contribution in [0.15, 0.2) is 69.7 Å². The highest BCUT2D eigenvalue weighted by Gasteiger charge is 2.25. The zero-order chi connectivity index (χ0) is 26.2. The Balaban J connectivity index is 1.67. The fourth-order valence-electron chi connectivity index (χ4n) is 4.20. The number of amides is 1. The third kappa shape index (κ3) is 7.04. The molecule has 2 aromatic carbocycles. The molecule has 1 amide bonds. The van der Waals surface area contributed by atoms with Crippen molar-refractivity contribution >= 4 is 28.6 Å². The summed E-state index contributed by atoms with van der Waals surface area (Å²) in [5.41, 5.74) is 1.31. The Morgan fingerprint density at radius 3 is 2.47 bits per heavy atom. The van der Waals surface area contributed by atoms with Crippen LogP contribution in [0.1, 0.15) is 30.9 Å². The van der Waals surface area contributed by atoms with E-state index in [0.29, 0.717) is 30.9 Å². The number of halogens is 1. The van der Waals surface area contributed by atoms with Crippen LogP contribution in [-0.2, 0) is 17.6 Å². The Morgan fingerprint density at radius 2 is 1.86 bits per heavy atom. The summed E-state index contributed by atoms with van der Waals surface area (Å²) >= 11 is 3.50. The lowest BCUT2D eigenvalue weighted by Crippen LogP contribution is -2.46. The number of nitrogens with zero attached hydrogens (tertiary/aromatic N) is 3. The summed E-state index contributed by atoms with van der Waals surface area (Å²) in [5.74, 6) is 1.58. The Hall–Kier alpha value is -3.46. The van der Waals surface area contributed by atoms with Crippen molar-refractivity contribution < 1.29 is 20.1 Å². The number of nitrogens with one attached hydrogen (secondary N) is 1. The van der Waals surface area contributed by atoms with E-state index in [9.17, 15) is 20.1 Å². The molecule has 0 unspecified atom stereocenters. The maximum atomic E-state index is 12.8. The molecular weight excluding hydrogens is 524 g/mol. The number of hydrogen-bond acceptors (Lipinski definition) is 7. The van der Waals surface area contributed by atoms with E-state index >= 15 is 0 Å². The molecule has 192 valence electrons. The van der Waals surface area contributed by atoms with Gasteiger partial charge in [-0.1, -0.05) is 40.2 Å². The second kappa shape index (κ2) is 12.5. The highest BCUT2D eigenvalue weighted by Crippen LogP contribution is 2.25. The fourth-order valence-corrected chi connectivity index (χ4v) is 4.59. The van der Waals surface area contributed by atoms with Crippen molar-refractivity contribution in [2.24, 2.45) is 4.99 Å². The molecule has 8 nitrogen and oxygen atoms in total. The normalized spacial score (nSPS) is 15.3. The summed E-state index contributed by atoms with van der Waals surface area (Å²) in [7, 11) is 1.90. The molecular formula is C27H33BrN4O4. The van der Waals surface area contributed by atoms with Gasteiger partial charge in [0.15, 0.2) is 0 Å². The molecule has 1 aliphatic heterocycles. The zero-order valence-electron chi connectivity index (χ0n) is 20.6. The van der Waals surface area contributed by atoms with Crippen molar-refractivity contribution in [1.29, 1.82) is 0 Å². The van der Waals surface area contributed by atoms with Crippen LogP contribution in [0, 0.1) is 0 Å². The first-order valence-corrected chi connectivity index (χ1v) is 12.6. The van der Waals surface area contributed by atoms with Gasteiger partial charge in [0.1, 0.15) is 28.9 Å². The van der Waals surface area contributed by atoms with Gasteiger partial charge in [0.2, 0.25) is 5.91 Å².